The molecule has 2 aromatic carbocycles. The van der Waals surface area contributed by atoms with Gasteiger partial charge in [-0.3, -0.25) is 9.52 Å². The molecule has 0 fully saturated rings. The Bertz CT molecular complexity index is 891. The van der Waals surface area contributed by atoms with E-state index in [0.717, 1.165) is 19.0 Å². The summed E-state index contributed by atoms with van der Waals surface area (Å²) in [6, 6.07) is 9.73. The van der Waals surface area contributed by atoms with Gasteiger partial charge in [-0.2, -0.15) is 0 Å². The van der Waals surface area contributed by atoms with Crippen molar-refractivity contribution in [1.29, 1.82) is 0 Å². The van der Waals surface area contributed by atoms with Gasteiger partial charge in [0.2, 0.25) is 0 Å². The minimum absolute atomic E-state index is 0. The Morgan fingerprint density at radius 2 is 1.81 bits per heavy atom. The van der Waals surface area contributed by atoms with Crippen LogP contribution in [-0.4, -0.2) is 34.5 Å². The molecule has 0 bridgehead atoms. The van der Waals surface area contributed by atoms with Crippen LogP contribution in [0.15, 0.2) is 47.4 Å². The molecule has 1 amide bonds. The second kappa shape index (κ2) is 10.2. The van der Waals surface area contributed by atoms with Crippen LogP contribution >= 0.6 is 12.4 Å². The average Bonchev–Trinajstić information content (AvgIpc) is 2.60. The molecule has 0 radical (unpaired) electrons. The first-order valence-corrected chi connectivity index (χ1v) is 9.64. The molecule has 0 aliphatic rings. The van der Waals surface area contributed by atoms with Crippen LogP contribution in [0.4, 0.5) is 10.1 Å². The van der Waals surface area contributed by atoms with Crippen LogP contribution in [0, 0.1) is 12.7 Å². The molecule has 0 saturated carbocycles. The molecule has 0 saturated heterocycles. The number of halogens is 2. The third-order valence-corrected chi connectivity index (χ3v) is 5.13. The zero-order valence-corrected chi connectivity index (χ0v) is 16.7. The molecule has 0 unspecified atom stereocenters. The first-order chi connectivity index (χ1) is 12.3. The fraction of sp³-hybridized carbons (Fsp3) is 0.278. The molecule has 9 heteroatoms. The fourth-order valence-electron chi connectivity index (χ4n) is 2.32. The van der Waals surface area contributed by atoms with Crippen LogP contribution in [0.2, 0.25) is 0 Å². The number of nitrogens with one attached hydrogen (secondary N) is 3. The number of amides is 1. The third kappa shape index (κ3) is 6.20. The molecule has 3 N–H and O–H groups in total. The summed E-state index contributed by atoms with van der Waals surface area (Å²) in [5.41, 5.74) is 0.776. The van der Waals surface area contributed by atoms with Crippen molar-refractivity contribution in [2.24, 2.45) is 0 Å². The molecule has 0 aliphatic carbocycles. The molecule has 2 aromatic rings. The van der Waals surface area contributed by atoms with Crippen molar-refractivity contribution < 1.29 is 17.6 Å². The first-order valence-electron chi connectivity index (χ1n) is 8.16. The number of sulfonamides is 1. The van der Waals surface area contributed by atoms with Gasteiger partial charge in [-0.15, -0.1) is 12.4 Å². The second-order valence-corrected chi connectivity index (χ2v) is 7.46. The van der Waals surface area contributed by atoms with Gasteiger partial charge in [0.25, 0.3) is 15.9 Å². The minimum Gasteiger partial charge on any atom is -0.352 e. The normalized spacial score (nSPS) is 10.8. The van der Waals surface area contributed by atoms with E-state index in [2.05, 4.69) is 15.4 Å². The maximum absolute atomic E-state index is 13.7. The molecule has 0 spiro atoms. The molecule has 0 aromatic heterocycles. The quantitative estimate of drug-likeness (QED) is 0.578. The molecule has 0 atom stereocenters. The summed E-state index contributed by atoms with van der Waals surface area (Å²) >= 11 is 0. The Balaban J connectivity index is 0.00000364. The van der Waals surface area contributed by atoms with Crippen LogP contribution in [0.3, 0.4) is 0 Å². The van der Waals surface area contributed by atoms with E-state index >= 15 is 0 Å². The minimum atomic E-state index is -4.02. The summed E-state index contributed by atoms with van der Waals surface area (Å²) in [6.45, 7) is 2.97. The standard InChI is InChI=1S/C18H22FN3O3S.ClH/c1-13-8-9-14(12-15(13)18(23)21-11-5-10-20-2)26(24,25)22-17-7-4-3-6-16(17)19;/h3-4,6-9,12,20,22H,5,10-11H2,1-2H3,(H,21,23);1H. The summed E-state index contributed by atoms with van der Waals surface area (Å²) in [4.78, 5) is 12.2. The Morgan fingerprint density at radius 1 is 1.11 bits per heavy atom. The smallest absolute Gasteiger partial charge is 0.262 e. The summed E-state index contributed by atoms with van der Waals surface area (Å²) in [5, 5.41) is 5.74. The number of hydrogen-bond acceptors (Lipinski definition) is 4. The van der Waals surface area contributed by atoms with Gasteiger partial charge in [0.1, 0.15) is 5.82 Å². The van der Waals surface area contributed by atoms with Crippen molar-refractivity contribution in [1.82, 2.24) is 10.6 Å². The van der Waals surface area contributed by atoms with E-state index in [9.17, 15) is 17.6 Å². The van der Waals surface area contributed by atoms with E-state index in [0.29, 0.717) is 12.1 Å². The lowest BCUT2D eigenvalue weighted by atomic mass is 10.1. The lowest BCUT2D eigenvalue weighted by Crippen LogP contribution is -2.27. The molecular weight excluding hydrogens is 393 g/mol. The van der Waals surface area contributed by atoms with Gasteiger partial charge in [-0.25, -0.2) is 12.8 Å². The van der Waals surface area contributed by atoms with E-state index < -0.39 is 15.8 Å². The van der Waals surface area contributed by atoms with Gasteiger partial charge < -0.3 is 10.6 Å². The second-order valence-electron chi connectivity index (χ2n) is 5.78. The van der Waals surface area contributed by atoms with Crippen molar-refractivity contribution in [3.8, 4) is 0 Å². The van der Waals surface area contributed by atoms with Gasteiger partial charge >= 0.3 is 0 Å². The molecule has 0 aliphatic heterocycles. The van der Waals surface area contributed by atoms with Crippen LogP contribution in [-0.2, 0) is 10.0 Å². The summed E-state index contributed by atoms with van der Waals surface area (Å²) in [7, 11) is -2.20. The Morgan fingerprint density at radius 3 is 2.48 bits per heavy atom. The van der Waals surface area contributed by atoms with E-state index in [1.165, 1.54) is 30.3 Å². The largest absolute Gasteiger partial charge is 0.352 e. The molecule has 27 heavy (non-hydrogen) atoms. The summed E-state index contributed by atoms with van der Waals surface area (Å²) in [5.74, 6) is -1.02. The predicted octanol–water partition coefficient (Wildman–Crippen LogP) is 2.70. The molecule has 0 heterocycles. The van der Waals surface area contributed by atoms with Gasteiger partial charge in [0.15, 0.2) is 0 Å². The highest BCUT2D eigenvalue weighted by atomic mass is 35.5. The topological polar surface area (TPSA) is 87.3 Å². The number of anilines is 1. The fourth-order valence-corrected chi connectivity index (χ4v) is 3.42. The number of carbonyl (C=O) groups excluding carboxylic acids is 1. The maximum atomic E-state index is 13.7. The number of aryl methyl sites for hydroxylation is 1. The van der Waals surface area contributed by atoms with Crippen LogP contribution in [0.5, 0.6) is 0 Å². The SMILES string of the molecule is CNCCCNC(=O)c1cc(S(=O)(=O)Nc2ccccc2F)ccc1C.Cl. The zero-order chi connectivity index (χ0) is 19.2. The van der Waals surface area contributed by atoms with Gasteiger partial charge in [-0.1, -0.05) is 18.2 Å². The number of carbonyl (C=O) groups is 1. The Labute approximate surface area is 165 Å². The highest BCUT2D eigenvalue weighted by molar-refractivity contribution is 7.92. The van der Waals surface area contributed by atoms with Crippen molar-refractivity contribution in [2.45, 2.75) is 18.2 Å². The summed E-state index contributed by atoms with van der Waals surface area (Å²) < 4.78 is 41.0. The zero-order valence-electron chi connectivity index (χ0n) is 15.1. The van der Waals surface area contributed by atoms with E-state index in [1.807, 2.05) is 7.05 Å². The maximum Gasteiger partial charge on any atom is 0.262 e. The third-order valence-electron chi connectivity index (χ3n) is 3.77. The van der Waals surface area contributed by atoms with Crippen molar-refractivity contribution in [2.75, 3.05) is 24.9 Å². The number of rotatable bonds is 8. The molecule has 148 valence electrons. The predicted molar refractivity (Wildman–Crippen MR) is 107 cm³/mol. The highest BCUT2D eigenvalue weighted by Crippen LogP contribution is 2.21. The lowest BCUT2D eigenvalue weighted by molar-refractivity contribution is 0.0952. The van der Waals surface area contributed by atoms with Crippen LogP contribution in [0.1, 0.15) is 22.3 Å². The Kier molecular flexibility index (Phi) is 8.68. The molecular formula is C18H23ClFN3O3S. The first kappa shape index (κ1) is 22.9. The average molecular weight is 416 g/mol. The van der Waals surface area contributed by atoms with Gasteiger partial charge in [-0.05, 0) is 56.8 Å². The van der Waals surface area contributed by atoms with E-state index in [-0.39, 0.29) is 34.5 Å². The number of benzene rings is 2. The van der Waals surface area contributed by atoms with Gasteiger partial charge in [0.05, 0.1) is 10.6 Å². The van der Waals surface area contributed by atoms with Crippen molar-refractivity contribution in [3.63, 3.8) is 0 Å². The van der Waals surface area contributed by atoms with Crippen LogP contribution in [0.25, 0.3) is 0 Å². The van der Waals surface area contributed by atoms with E-state index in [4.69, 9.17) is 0 Å². The Hall–Kier alpha value is -2.16. The molecule has 2 rings (SSSR count). The summed E-state index contributed by atoms with van der Waals surface area (Å²) in [6.07, 6.45) is 0.758. The molecule has 6 nitrogen and oxygen atoms in total. The van der Waals surface area contributed by atoms with Crippen molar-refractivity contribution in [3.05, 3.63) is 59.4 Å². The van der Waals surface area contributed by atoms with Gasteiger partial charge in [0, 0.05) is 12.1 Å². The van der Waals surface area contributed by atoms with Crippen LogP contribution < -0.4 is 15.4 Å². The van der Waals surface area contributed by atoms with Crippen molar-refractivity contribution >= 4 is 34.0 Å². The van der Waals surface area contributed by atoms with E-state index in [1.54, 1.807) is 13.0 Å². The number of hydrogen-bond donors (Lipinski definition) is 3. The number of para-hydroxylation sites is 1. The highest BCUT2D eigenvalue weighted by Gasteiger charge is 2.19. The lowest BCUT2D eigenvalue weighted by Gasteiger charge is -2.12. The monoisotopic (exact) mass is 415 g/mol.